The standard InChI is InChI=1S/C31H26FN5O2/c32-18-8-11-24-26(16-18)36-31(35-24)23-5-3-7-28-29(23)22-4-1-2-6-27(22)37(28)20-9-10-21(30(33)38)25(17-20)34-19-12-14-39-15-13-19/h1-11,16-17,19,34H,12-15H2,(H2,33,38)(H,35,36). The van der Waals surface area contributed by atoms with Crippen molar-refractivity contribution in [3.05, 3.63) is 90.2 Å². The molecule has 0 radical (unpaired) electrons. The average molecular weight is 520 g/mol. The van der Waals surface area contributed by atoms with Crippen LogP contribution in [0, 0.1) is 5.82 Å². The van der Waals surface area contributed by atoms with Crippen molar-refractivity contribution in [2.45, 2.75) is 18.9 Å². The van der Waals surface area contributed by atoms with E-state index >= 15 is 0 Å². The Bertz CT molecular complexity index is 1880. The molecule has 194 valence electrons. The number of halogens is 1. The maximum atomic E-state index is 13.9. The lowest BCUT2D eigenvalue weighted by Gasteiger charge is -2.25. The summed E-state index contributed by atoms with van der Waals surface area (Å²) in [4.78, 5) is 20.4. The minimum Gasteiger partial charge on any atom is -0.381 e. The average Bonchev–Trinajstić information content (AvgIpc) is 3.52. The first-order valence-corrected chi connectivity index (χ1v) is 13.0. The lowest BCUT2D eigenvalue weighted by Crippen LogP contribution is -2.29. The Morgan fingerprint density at radius 2 is 1.82 bits per heavy atom. The predicted octanol–water partition coefficient (Wildman–Crippen LogP) is 6.16. The van der Waals surface area contributed by atoms with Gasteiger partial charge < -0.3 is 25.3 Å². The lowest BCUT2D eigenvalue weighted by atomic mass is 10.1. The zero-order valence-electron chi connectivity index (χ0n) is 21.1. The number of hydrogen-bond acceptors (Lipinski definition) is 4. The van der Waals surface area contributed by atoms with Gasteiger partial charge in [-0.25, -0.2) is 9.37 Å². The van der Waals surface area contributed by atoms with Gasteiger partial charge in [-0.1, -0.05) is 30.3 Å². The summed E-state index contributed by atoms with van der Waals surface area (Å²) in [5.74, 6) is -0.103. The molecule has 6 aromatic rings. The third kappa shape index (κ3) is 4.00. The highest BCUT2D eigenvalue weighted by Gasteiger charge is 2.21. The van der Waals surface area contributed by atoms with Crippen molar-refractivity contribution < 1.29 is 13.9 Å². The Kier molecular flexibility index (Phi) is 5.56. The quantitative estimate of drug-likeness (QED) is 0.254. The van der Waals surface area contributed by atoms with Crippen LogP contribution in [0.25, 0.3) is 49.9 Å². The molecule has 4 N–H and O–H groups in total. The van der Waals surface area contributed by atoms with Gasteiger partial charge in [0.15, 0.2) is 0 Å². The molecule has 0 saturated carbocycles. The van der Waals surface area contributed by atoms with Crippen LogP contribution in [-0.2, 0) is 4.74 Å². The molecule has 0 aliphatic carbocycles. The molecule has 4 aromatic carbocycles. The van der Waals surface area contributed by atoms with E-state index in [1.807, 2.05) is 36.4 Å². The van der Waals surface area contributed by atoms with Crippen molar-refractivity contribution in [1.82, 2.24) is 14.5 Å². The Balaban J connectivity index is 1.43. The van der Waals surface area contributed by atoms with E-state index < -0.39 is 5.91 Å². The minimum atomic E-state index is -0.470. The van der Waals surface area contributed by atoms with E-state index in [-0.39, 0.29) is 11.9 Å². The minimum absolute atomic E-state index is 0.203. The summed E-state index contributed by atoms with van der Waals surface area (Å²) in [6, 6.07) is 24.8. The van der Waals surface area contributed by atoms with Crippen LogP contribution in [0.1, 0.15) is 23.2 Å². The van der Waals surface area contributed by atoms with E-state index in [2.05, 4.69) is 33.1 Å². The van der Waals surface area contributed by atoms with Crippen LogP contribution >= 0.6 is 0 Å². The fraction of sp³-hybridized carbons (Fsp3) is 0.161. The topological polar surface area (TPSA) is 98.0 Å². The molecule has 1 aliphatic rings. The number of para-hydroxylation sites is 1. The lowest BCUT2D eigenvalue weighted by molar-refractivity contribution is 0.0904. The highest BCUT2D eigenvalue weighted by molar-refractivity contribution is 6.15. The normalized spacial score (nSPS) is 14.4. The number of ether oxygens (including phenoxy) is 1. The third-order valence-electron chi connectivity index (χ3n) is 7.50. The van der Waals surface area contributed by atoms with Crippen molar-refractivity contribution >= 4 is 44.4 Å². The molecule has 39 heavy (non-hydrogen) atoms. The number of primary amides is 1. The molecule has 1 aliphatic heterocycles. The van der Waals surface area contributed by atoms with Crippen molar-refractivity contribution in [2.24, 2.45) is 5.73 Å². The van der Waals surface area contributed by atoms with Crippen LogP contribution < -0.4 is 11.1 Å². The zero-order chi connectivity index (χ0) is 26.5. The van der Waals surface area contributed by atoms with Gasteiger partial charge in [-0.2, -0.15) is 0 Å². The molecule has 7 rings (SSSR count). The van der Waals surface area contributed by atoms with E-state index in [1.165, 1.54) is 12.1 Å². The van der Waals surface area contributed by atoms with E-state index in [1.54, 1.807) is 12.1 Å². The maximum Gasteiger partial charge on any atom is 0.250 e. The van der Waals surface area contributed by atoms with Crippen molar-refractivity contribution in [2.75, 3.05) is 18.5 Å². The molecule has 2 aromatic heterocycles. The van der Waals surface area contributed by atoms with Gasteiger partial charge in [0.05, 0.1) is 27.6 Å². The molecule has 8 heteroatoms. The highest BCUT2D eigenvalue weighted by Crippen LogP contribution is 2.38. The predicted molar refractivity (Wildman–Crippen MR) is 152 cm³/mol. The number of anilines is 1. The number of aromatic nitrogens is 3. The van der Waals surface area contributed by atoms with Gasteiger partial charge in [-0.05, 0) is 61.4 Å². The van der Waals surface area contributed by atoms with Gasteiger partial charge in [0.2, 0.25) is 0 Å². The number of nitrogens with one attached hydrogen (secondary N) is 2. The number of amides is 1. The number of hydrogen-bond donors (Lipinski definition) is 3. The number of fused-ring (bicyclic) bond motifs is 4. The van der Waals surface area contributed by atoms with Crippen LogP contribution in [0.4, 0.5) is 10.1 Å². The number of nitrogens with zero attached hydrogens (tertiary/aromatic N) is 2. The van der Waals surface area contributed by atoms with Crippen LogP contribution in [0.3, 0.4) is 0 Å². The number of carbonyl (C=O) groups is 1. The second-order valence-electron chi connectivity index (χ2n) is 9.92. The zero-order valence-corrected chi connectivity index (χ0v) is 21.1. The smallest absolute Gasteiger partial charge is 0.250 e. The van der Waals surface area contributed by atoms with Crippen LogP contribution in [0.2, 0.25) is 0 Å². The molecule has 1 amide bonds. The molecule has 1 saturated heterocycles. The van der Waals surface area contributed by atoms with Gasteiger partial charge in [-0.3, -0.25) is 4.79 Å². The fourth-order valence-electron chi connectivity index (χ4n) is 5.67. The summed E-state index contributed by atoms with van der Waals surface area (Å²) in [5.41, 5.74) is 12.1. The summed E-state index contributed by atoms with van der Waals surface area (Å²) >= 11 is 0. The third-order valence-corrected chi connectivity index (χ3v) is 7.50. The summed E-state index contributed by atoms with van der Waals surface area (Å²) in [6.07, 6.45) is 1.73. The van der Waals surface area contributed by atoms with Crippen molar-refractivity contribution in [3.63, 3.8) is 0 Å². The molecule has 0 spiro atoms. The summed E-state index contributed by atoms with van der Waals surface area (Å²) in [7, 11) is 0. The number of imidazole rings is 1. The second-order valence-corrected chi connectivity index (χ2v) is 9.92. The van der Waals surface area contributed by atoms with E-state index in [0.717, 1.165) is 45.9 Å². The Labute approximate surface area is 223 Å². The van der Waals surface area contributed by atoms with Gasteiger partial charge >= 0.3 is 0 Å². The van der Waals surface area contributed by atoms with Crippen molar-refractivity contribution in [3.8, 4) is 17.1 Å². The van der Waals surface area contributed by atoms with Crippen LogP contribution in [0.5, 0.6) is 0 Å². The second kappa shape index (κ2) is 9.25. The molecule has 7 nitrogen and oxygen atoms in total. The molecule has 3 heterocycles. The van der Waals surface area contributed by atoms with Crippen LogP contribution in [0.15, 0.2) is 78.9 Å². The molecule has 0 bridgehead atoms. The molecular formula is C31H26FN5O2. The first kappa shape index (κ1) is 23.4. The maximum absolute atomic E-state index is 13.9. The number of nitrogens with two attached hydrogens (primary N) is 1. The van der Waals surface area contributed by atoms with Crippen molar-refractivity contribution in [1.29, 1.82) is 0 Å². The number of aromatic amines is 1. The molecule has 1 fully saturated rings. The first-order valence-electron chi connectivity index (χ1n) is 13.0. The number of rotatable bonds is 5. The first-order chi connectivity index (χ1) is 19.1. The summed E-state index contributed by atoms with van der Waals surface area (Å²) in [5, 5.41) is 5.64. The fourth-order valence-corrected chi connectivity index (χ4v) is 5.67. The van der Waals surface area contributed by atoms with Gasteiger partial charge in [0.25, 0.3) is 5.91 Å². The molecule has 0 unspecified atom stereocenters. The Morgan fingerprint density at radius 3 is 2.67 bits per heavy atom. The Morgan fingerprint density at radius 1 is 1.00 bits per heavy atom. The number of H-pyrrole nitrogens is 1. The largest absolute Gasteiger partial charge is 0.381 e. The monoisotopic (exact) mass is 519 g/mol. The summed E-state index contributed by atoms with van der Waals surface area (Å²) in [6.45, 7) is 1.38. The summed E-state index contributed by atoms with van der Waals surface area (Å²) < 4.78 is 21.6. The van der Waals surface area contributed by atoms with E-state index in [0.29, 0.717) is 41.3 Å². The van der Waals surface area contributed by atoms with E-state index in [9.17, 15) is 9.18 Å². The SMILES string of the molecule is NC(=O)c1ccc(-n2c3ccccc3c3c(-c4nc5ccc(F)cc5[nH]4)cccc32)cc1NC1CCOCC1. The molecular weight excluding hydrogens is 493 g/mol. The Hall–Kier alpha value is -4.69. The molecule has 0 atom stereocenters. The number of benzene rings is 4. The van der Waals surface area contributed by atoms with Gasteiger partial charge in [-0.15, -0.1) is 0 Å². The van der Waals surface area contributed by atoms with Gasteiger partial charge in [0, 0.05) is 47.0 Å². The highest BCUT2D eigenvalue weighted by atomic mass is 19.1. The van der Waals surface area contributed by atoms with Crippen LogP contribution in [-0.4, -0.2) is 39.7 Å². The van der Waals surface area contributed by atoms with E-state index in [4.69, 9.17) is 15.5 Å². The van der Waals surface area contributed by atoms with Gasteiger partial charge in [0.1, 0.15) is 11.6 Å². The number of carbonyl (C=O) groups excluding carboxylic acids is 1.